The number of hydrogen-bond donors (Lipinski definition) is 1. The molecule has 29 heavy (non-hydrogen) atoms. The highest BCUT2D eigenvalue weighted by Gasteiger charge is 2.30. The number of carbonyl (C=O) groups is 2. The number of benzene rings is 1. The Morgan fingerprint density at radius 2 is 1.86 bits per heavy atom. The predicted octanol–water partition coefficient (Wildman–Crippen LogP) is 1.73. The molecule has 0 radical (unpaired) electrons. The van der Waals surface area contributed by atoms with Crippen molar-refractivity contribution in [2.24, 2.45) is 5.73 Å². The number of ether oxygens (including phenoxy) is 2. The van der Waals surface area contributed by atoms with Crippen molar-refractivity contribution in [3.8, 4) is 0 Å². The van der Waals surface area contributed by atoms with Crippen molar-refractivity contribution in [3.63, 3.8) is 0 Å². The molecule has 1 amide bonds. The maximum Gasteiger partial charge on any atom is 0.323 e. The van der Waals surface area contributed by atoms with Crippen LogP contribution in [0.5, 0.6) is 0 Å². The molecule has 0 spiro atoms. The van der Waals surface area contributed by atoms with Crippen molar-refractivity contribution in [2.45, 2.75) is 57.7 Å². The molecule has 1 aromatic carbocycles. The molecule has 0 saturated carbocycles. The molecule has 2 saturated heterocycles. The monoisotopic (exact) mass is 403 g/mol. The summed E-state index contributed by atoms with van der Waals surface area (Å²) in [6, 6.07) is 7.46. The number of esters is 1. The lowest BCUT2D eigenvalue weighted by Crippen LogP contribution is -2.54. The molecule has 2 N–H and O–H groups in total. The van der Waals surface area contributed by atoms with Gasteiger partial charge in [-0.15, -0.1) is 0 Å². The first kappa shape index (κ1) is 21.7. The zero-order valence-corrected chi connectivity index (χ0v) is 17.7. The molecule has 0 aromatic heterocycles. The SMILES string of the molecule is CC(C)(C)OC(=O)C(N)Cc1ccc(N2CCN(C3CCOCC3)CC2=O)cc1. The van der Waals surface area contributed by atoms with E-state index in [1.165, 1.54) is 0 Å². The van der Waals surface area contributed by atoms with E-state index in [1.54, 1.807) is 0 Å². The first-order chi connectivity index (χ1) is 13.7. The van der Waals surface area contributed by atoms with Crippen LogP contribution in [0.4, 0.5) is 5.69 Å². The molecular weight excluding hydrogens is 370 g/mol. The maximum absolute atomic E-state index is 12.7. The molecular formula is C22H33N3O4. The van der Waals surface area contributed by atoms with E-state index in [9.17, 15) is 9.59 Å². The minimum absolute atomic E-state index is 0.126. The minimum Gasteiger partial charge on any atom is -0.459 e. The number of carbonyl (C=O) groups excluding carboxylic acids is 2. The molecule has 160 valence electrons. The zero-order chi connectivity index (χ0) is 21.0. The molecule has 2 fully saturated rings. The second kappa shape index (κ2) is 9.24. The highest BCUT2D eigenvalue weighted by Crippen LogP contribution is 2.22. The summed E-state index contributed by atoms with van der Waals surface area (Å²) >= 11 is 0. The third kappa shape index (κ3) is 6.01. The van der Waals surface area contributed by atoms with E-state index in [1.807, 2.05) is 49.9 Å². The van der Waals surface area contributed by atoms with Crippen LogP contribution in [0.15, 0.2) is 24.3 Å². The summed E-state index contributed by atoms with van der Waals surface area (Å²) in [4.78, 5) is 28.9. The molecule has 1 atom stereocenters. The summed E-state index contributed by atoms with van der Waals surface area (Å²) in [6.07, 6.45) is 2.40. The van der Waals surface area contributed by atoms with Gasteiger partial charge in [0.25, 0.3) is 0 Å². The second-order valence-corrected chi connectivity index (χ2v) is 8.87. The molecule has 7 heteroatoms. The maximum atomic E-state index is 12.7. The lowest BCUT2D eigenvalue weighted by molar-refractivity contribution is -0.156. The summed E-state index contributed by atoms with van der Waals surface area (Å²) in [5, 5.41) is 0. The molecule has 0 aliphatic carbocycles. The van der Waals surface area contributed by atoms with E-state index in [-0.39, 0.29) is 5.91 Å². The Labute approximate surface area is 173 Å². The fourth-order valence-electron chi connectivity index (χ4n) is 3.85. The van der Waals surface area contributed by atoms with Crippen molar-refractivity contribution < 1.29 is 19.1 Å². The van der Waals surface area contributed by atoms with Gasteiger partial charge in [0.15, 0.2) is 0 Å². The van der Waals surface area contributed by atoms with Crippen molar-refractivity contribution >= 4 is 17.6 Å². The molecule has 2 heterocycles. The van der Waals surface area contributed by atoms with E-state index < -0.39 is 17.6 Å². The Morgan fingerprint density at radius 3 is 2.45 bits per heavy atom. The van der Waals surface area contributed by atoms with E-state index in [0.717, 1.165) is 43.9 Å². The third-order valence-corrected chi connectivity index (χ3v) is 5.37. The van der Waals surface area contributed by atoms with Gasteiger partial charge in [-0.05, 0) is 57.7 Å². The Morgan fingerprint density at radius 1 is 1.21 bits per heavy atom. The van der Waals surface area contributed by atoms with Crippen LogP contribution in [-0.4, -0.2) is 67.3 Å². The molecule has 1 unspecified atom stereocenters. The fourth-order valence-corrected chi connectivity index (χ4v) is 3.85. The Balaban J connectivity index is 1.55. The molecule has 3 rings (SSSR count). The average molecular weight is 404 g/mol. The number of rotatable bonds is 5. The number of amides is 1. The van der Waals surface area contributed by atoms with Gasteiger partial charge < -0.3 is 20.1 Å². The zero-order valence-electron chi connectivity index (χ0n) is 17.7. The normalized spacial score (nSPS) is 20.6. The van der Waals surface area contributed by atoms with Crippen LogP contribution < -0.4 is 10.6 Å². The van der Waals surface area contributed by atoms with E-state index in [0.29, 0.717) is 25.6 Å². The standard InChI is InChI=1S/C22H33N3O4/c1-22(2,3)29-21(27)19(23)14-16-4-6-18(7-5-16)25-11-10-24(15-20(25)26)17-8-12-28-13-9-17/h4-7,17,19H,8-15,23H2,1-3H3. The molecule has 0 bridgehead atoms. The van der Waals surface area contributed by atoms with Crippen molar-refractivity contribution in [1.82, 2.24) is 4.90 Å². The highest BCUT2D eigenvalue weighted by molar-refractivity contribution is 5.95. The van der Waals surface area contributed by atoms with Gasteiger partial charge in [-0.25, -0.2) is 0 Å². The van der Waals surface area contributed by atoms with Crippen LogP contribution in [0.1, 0.15) is 39.2 Å². The van der Waals surface area contributed by atoms with Crippen LogP contribution in [0, 0.1) is 0 Å². The molecule has 1 aromatic rings. The fraction of sp³-hybridized carbons (Fsp3) is 0.636. The van der Waals surface area contributed by atoms with Gasteiger partial charge in [0.1, 0.15) is 11.6 Å². The predicted molar refractivity (Wildman–Crippen MR) is 112 cm³/mol. The number of nitrogens with zero attached hydrogens (tertiary/aromatic N) is 2. The largest absolute Gasteiger partial charge is 0.459 e. The van der Waals surface area contributed by atoms with E-state index >= 15 is 0 Å². The van der Waals surface area contributed by atoms with Crippen molar-refractivity contribution in [2.75, 3.05) is 37.7 Å². The third-order valence-electron chi connectivity index (χ3n) is 5.37. The first-order valence-electron chi connectivity index (χ1n) is 10.4. The first-order valence-corrected chi connectivity index (χ1v) is 10.4. The Bertz CT molecular complexity index is 708. The van der Waals surface area contributed by atoms with E-state index in [2.05, 4.69) is 4.90 Å². The minimum atomic E-state index is -0.704. The van der Waals surface area contributed by atoms with E-state index in [4.69, 9.17) is 15.2 Å². The van der Waals surface area contributed by atoms with Crippen LogP contribution >= 0.6 is 0 Å². The summed E-state index contributed by atoms with van der Waals surface area (Å²) < 4.78 is 10.8. The van der Waals surface area contributed by atoms with Gasteiger partial charge in [-0.2, -0.15) is 0 Å². The lowest BCUT2D eigenvalue weighted by Gasteiger charge is -2.40. The van der Waals surface area contributed by atoms with Gasteiger partial charge in [0.2, 0.25) is 5.91 Å². The van der Waals surface area contributed by atoms with Crippen LogP contribution in [0.2, 0.25) is 0 Å². The molecule has 2 aliphatic rings. The molecule has 2 aliphatic heterocycles. The van der Waals surface area contributed by atoms with Gasteiger partial charge in [-0.3, -0.25) is 14.5 Å². The van der Waals surface area contributed by atoms with Crippen LogP contribution in [0.25, 0.3) is 0 Å². The summed E-state index contributed by atoms with van der Waals surface area (Å²) in [6.45, 7) is 9.06. The lowest BCUT2D eigenvalue weighted by atomic mass is 10.0. The Hall–Kier alpha value is -1.96. The second-order valence-electron chi connectivity index (χ2n) is 8.87. The topological polar surface area (TPSA) is 85.1 Å². The van der Waals surface area contributed by atoms with Gasteiger partial charge in [0, 0.05) is 38.0 Å². The van der Waals surface area contributed by atoms with Gasteiger partial charge in [-0.1, -0.05) is 12.1 Å². The number of hydrogen-bond acceptors (Lipinski definition) is 6. The average Bonchev–Trinajstić information content (AvgIpc) is 2.68. The quantitative estimate of drug-likeness (QED) is 0.754. The van der Waals surface area contributed by atoms with Gasteiger partial charge in [0.05, 0.1) is 6.54 Å². The van der Waals surface area contributed by atoms with Crippen LogP contribution in [-0.2, 0) is 25.5 Å². The summed E-state index contributed by atoms with van der Waals surface area (Å²) in [7, 11) is 0. The van der Waals surface area contributed by atoms with Crippen molar-refractivity contribution in [3.05, 3.63) is 29.8 Å². The number of piperazine rings is 1. The number of nitrogens with two attached hydrogens (primary N) is 1. The smallest absolute Gasteiger partial charge is 0.323 e. The highest BCUT2D eigenvalue weighted by atomic mass is 16.6. The Kier molecular flexibility index (Phi) is 6.93. The summed E-state index contributed by atoms with van der Waals surface area (Å²) in [5.41, 5.74) is 7.27. The summed E-state index contributed by atoms with van der Waals surface area (Å²) in [5.74, 6) is -0.276. The van der Waals surface area contributed by atoms with Gasteiger partial charge >= 0.3 is 5.97 Å². The van der Waals surface area contributed by atoms with Crippen molar-refractivity contribution in [1.29, 1.82) is 0 Å². The van der Waals surface area contributed by atoms with Crippen LogP contribution in [0.3, 0.4) is 0 Å². The molecule has 7 nitrogen and oxygen atoms in total. The number of anilines is 1.